The minimum Gasteiger partial charge on any atom is -0.379 e. The van der Waals surface area contributed by atoms with E-state index in [2.05, 4.69) is 4.90 Å². The van der Waals surface area contributed by atoms with Gasteiger partial charge >= 0.3 is 0 Å². The van der Waals surface area contributed by atoms with Crippen molar-refractivity contribution in [2.75, 3.05) is 39.4 Å². The fourth-order valence-electron chi connectivity index (χ4n) is 1.94. The SMILES string of the molecule is NC[C@H]1C[C@H]1CN1CCOCC1. The van der Waals surface area contributed by atoms with Gasteiger partial charge in [0.25, 0.3) is 0 Å². The maximum Gasteiger partial charge on any atom is 0.0594 e. The van der Waals surface area contributed by atoms with Crippen molar-refractivity contribution in [3.63, 3.8) is 0 Å². The Hall–Kier alpha value is -0.120. The molecule has 2 fully saturated rings. The van der Waals surface area contributed by atoms with E-state index in [1.165, 1.54) is 13.0 Å². The predicted octanol–water partition coefficient (Wildman–Crippen LogP) is -0.0866. The summed E-state index contributed by atoms with van der Waals surface area (Å²) in [5.74, 6) is 1.72. The van der Waals surface area contributed by atoms with Gasteiger partial charge in [0.15, 0.2) is 0 Å². The van der Waals surface area contributed by atoms with Crippen LogP contribution in [0.1, 0.15) is 6.42 Å². The Morgan fingerprint density at radius 1 is 1.25 bits per heavy atom. The molecule has 0 aromatic rings. The average Bonchev–Trinajstić information content (AvgIpc) is 2.85. The van der Waals surface area contributed by atoms with Gasteiger partial charge in [-0.15, -0.1) is 0 Å². The number of nitrogens with zero attached hydrogens (tertiary/aromatic N) is 1. The van der Waals surface area contributed by atoms with Gasteiger partial charge in [0.05, 0.1) is 13.2 Å². The molecule has 1 saturated heterocycles. The van der Waals surface area contributed by atoms with Crippen molar-refractivity contribution in [2.45, 2.75) is 6.42 Å². The van der Waals surface area contributed by atoms with E-state index in [0.717, 1.165) is 44.7 Å². The van der Waals surface area contributed by atoms with Crippen LogP contribution < -0.4 is 5.73 Å². The number of nitrogens with two attached hydrogens (primary N) is 1. The maximum absolute atomic E-state index is 5.59. The lowest BCUT2D eigenvalue weighted by Gasteiger charge is -2.26. The molecule has 0 spiro atoms. The van der Waals surface area contributed by atoms with Crippen LogP contribution in [0.25, 0.3) is 0 Å². The number of ether oxygens (including phenoxy) is 1. The fourth-order valence-corrected chi connectivity index (χ4v) is 1.94. The number of morpholine rings is 1. The van der Waals surface area contributed by atoms with E-state index >= 15 is 0 Å². The van der Waals surface area contributed by atoms with Gasteiger partial charge in [-0.1, -0.05) is 0 Å². The van der Waals surface area contributed by atoms with Crippen LogP contribution in [0.2, 0.25) is 0 Å². The van der Waals surface area contributed by atoms with Crippen molar-refractivity contribution in [3.05, 3.63) is 0 Å². The summed E-state index contributed by atoms with van der Waals surface area (Å²) in [6.07, 6.45) is 1.36. The van der Waals surface area contributed by atoms with E-state index < -0.39 is 0 Å². The molecule has 0 bridgehead atoms. The Morgan fingerprint density at radius 2 is 2.00 bits per heavy atom. The molecule has 1 aliphatic heterocycles. The molecule has 0 amide bonds. The first kappa shape index (κ1) is 8.48. The molecule has 2 rings (SSSR count). The fraction of sp³-hybridized carbons (Fsp3) is 1.00. The van der Waals surface area contributed by atoms with Crippen LogP contribution in [0, 0.1) is 11.8 Å². The van der Waals surface area contributed by atoms with Crippen molar-refractivity contribution in [3.8, 4) is 0 Å². The molecular weight excluding hydrogens is 152 g/mol. The Morgan fingerprint density at radius 3 is 2.58 bits per heavy atom. The molecule has 0 radical (unpaired) electrons. The van der Waals surface area contributed by atoms with Crippen LogP contribution in [0.3, 0.4) is 0 Å². The molecule has 1 aliphatic carbocycles. The maximum atomic E-state index is 5.59. The summed E-state index contributed by atoms with van der Waals surface area (Å²) in [5, 5.41) is 0. The first-order chi connectivity index (χ1) is 5.90. The highest BCUT2D eigenvalue weighted by Gasteiger charge is 2.36. The zero-order valence-corrected chi connectivity index (χ0v) is 7.54. The zero-order valence-electron chi connectivity index (χ0n) is 7.54. The zero-order chi connectivity index (χ0) is 8.39. The molecule has 70 valence electrons. The molecule has 3 heteroatoms. The van der Waals surface area contributed by atoms with Crippen LogP contribution in [0.15, 0.2) is 0 Å². The minimum absolute atomic E-state index is 0.827. The second kappa shape index (κ2) is 3.73. The Balaban J connectivity index is 1.66. The van der Waals surface area contributed by atoms with Gasteiger partial charge in [0, 0.05) is 19.6 Å². The summed E-state index contributed by atoms with van der Waals surface area (Å²) in [6.45, 7) is 6.21. The average molecular weight is 170 g/mol. The number of hydrogen-bond acceptors (Lipinski definition) is 3. The second-order valence-corrected chi connectivity index (χ2v) is 3.90. The van der Waals surface area contributed by atoms with Crippen LogP contribution in [-0.2, 0) is 4.74 Å². The third-order valence-electron chi connectivity index (χ3n) is 2.97. The van der Waals surface area contributed by atoms with E-state index in [4.69, 9.17) is 10.5 Å². The Labute approximate surface area is 73.9 Å². The summed E-state index contributed by atoms with van der Waals surface area (Å²) < 4.78 is 5.29. The molecule has 0 aromatic carbocycles. The number of rotatable bonds is 3. The lowest BCUT2D eigenvalue weighted by molar-refractivity contribution is 0.0352. The summed E-state index contributed by atoms with van der Waals surface area (Å²) in [7, 11) is 0. The molecule has 1 heterocycles. The van der Waals surface area contributed by atoms with E-state index in [1.807, 2.05) is 0 Å². The highest BCUT2D eigenvalue weighted by molar-refractivity contribution is 4.89. The standard InChI is InChI=1S/C9H18N2O/c10-6-8-5-9(8)7-11-1-3-12-4-2-11/h8-9H,1-7,10H2/t8-,9+/m1/s1. The normalized spacial score (nSPS) is 36.8. The van der Waals surface area contributed by atoms with Crippen LogP contribution in [0.4, 0.5) is 0 Å². The van der Waals surface area contributed by atoms with E-state index in [9.17, 15) is 0 Å². The Bertz CT molecular complexity index is 145. The van der Waals surface area contributed by atoms with E-state index in [1.54, 1.807) is 0 Å². The molecule has 2 atom stereocenters. The van der Waals surface area contributed by atoms with Gasteiger partial charge < -0.3 is 10.5 Å². The molecular formula is C9H18N2O. The first-order valence-electron chi connectivity index (χ1n) is 4.90. The second-order valence-electron chi connectivity index (χ2n) is 3.90. The molecule has 3 nitrogen and oxygen atoms in total. The summed E-state index contributed by atoms with van der Waals surface area (Å²) >= 11 is 0. The third kappa shape index (κ3) is 1.97. The van der Waals surface area contributed by atoms with Crippen molar-refractivity contribution in [1.82, 2.24) is 4.90 Å². The van der Waals surface area contributed by atoms with Crippen LogP contribution in [0.5, 0.6) is 0 Å². The highest BCUT2D eigenvalue weighted by atomic mass is 16.5. The van der Waals surface area contributed by atoms with Crippen molar-refractivity contribution < 1.29 is 4.74 Å². The quantitative estimate of drug-likeness (QED) is 0.643. The smallest absolute Gasteiger partial charge is 0.0594 e. The van der Waals surface area contributed by atoms with Crippen LogP contribution >= 0.6 is 0 Å². The molecule has 2 N–H and O–H groups in total. The molecule has 2 aliphatic rings. The van der Waals surface area contributed by atoms with E-state index in [0.29, 0.717) is 0 Å². The van der Waals surface area contributed by atoms with E-state index in [-0.39, 0.29) is 0 Å². The largest absolute Gasteiger partial charge is 0.379 e. The van der Waals surface area contributed by atoms with Crippen LogP contribution in [-0.4, -0.2) is 44.3 Å². The minimum atomic E-state index is 0.827. The lowest BCUT2D eigenvalue weighted by Crippen LogP contribution is -2.37. The molecule has 0 unspecified atom stereocenters. The number of hydrogen-bond donors (Lipinski definition) is 1. The Kier molecular flexibility index (Phi) is 2.63. The summed E-state index contributed by atoms with van der Waals surface area (Å²) in [6, 6.07) is 0. The van der Waals surface area contributed by atoms with Gasteiger partial charge in [-0.05, 0) is 24.8 Å². The summed E-state index contributed by atoms with van der Waals surface area (Å²) in [4.78, 5) is 2.50. The molecule has 12 heavy (non-hydrogen) atoms. The van der Waals surface area contributed by atoms with Gasteiger partial charge in [-0.2, -0.15) is 0 Å². The van der Waals surface area contributed by atoms with Crippen molar-refractivity contribution in [2.24, 2.45) is 17.6 Å². The summed E-state index contributed by atoms with van der Waals surface area (Å²) in [5.41, 5.74) is 5.59. The van der Waals surface area contributed by atoms with Crippen molar-refractivity contribution in [1.29, 1.82) is 0 Å². The van der Waals surface area contributed by atoms with Gasteiger partial charge in [-0.25, -0.2) is 0 Å². The lowest BCUT2D eigenvalue weighted by atomic mass is 10.3. The van der Waals surface area contributed by atoms with Gasteiger partial charge in [-0.3, -0.25) is 4.90 Å². The molecule has 0 aromatic heterocycles. The predicted molar refractivity (Wildman–Crippen MR) is 47.9 cm³/mol. The monoisotopic (exact) mass is 170 g/mol. The first-order valence-corrected chi connectivity index (χ1v) is 4.90. The molecule has 1 saturated carbocycles. The topological polar surface area (TPSA) is 38.5 Å². The third-order valence-corrected chi connectivity index (χ3v) is 2.97. The highest BCUT2D eigenvalue weighted by Crippen LogP contribution is 2.37. The van der Waals surface area contributed by atoms with Gasteiger partial charge in [0.2, 0.25) is 0 Å². The van der Waals surface area contributed by atoms with Gasteiger partial charge in [0.1, 0.15) is 0 Å². The van der Waals surface area contributed by atoms with Crippen molar-refractivity contribution >= 4 is 0 Å².